The topological polar surface area (TPSA) is 72.6 Å². The Morgan fingerprint density at radius 3 is 2.76 bits per heavy atom. The predicted molar refractivity (Wildman–Crippen MR) is 62.0 cm³/mol. The van der Waals surface area contributed by atoms with Crippen LogP contribution in [0.4, 0.5) is 0 Å². The molecule has 1 aliphatic carbocycles. The summed E-state index contributed by atoms with van der Waals surface area (Å²) >= 11 is 0. The summed E-state index contributed by atoms with van der Waals surface area (Å²) in [6, 6.07) is -0.444. The third-order valence-electron chi connectivity index (χ3n) is 3.44. The zero-order valence-corrected chi connectivity index (χ0v) is 9.96. The molecule has 3 atom stereocenters. The molecule has 3 unspecified atom stereocenters. The highest BCUT2D eigenvalue weighted by Gasteiger charge is 2.38. The van der Waals surface area contributed by atoms with Gasteiger partial charge in [0.15, 0.2) is 0 Å². The lowest BCUT2D eigenvalue weighted by molar-refractivity contribution is -0.151. The molecule has 0 bridgehead atoms. The quantitative estimate of drug-likeness (QED) is 0.545. The molecule has 1 fully saturated rings. The van der Waals surface area contributed by atoms with Gasteiger partial charge in [0.25, 0.3) is 0 Å². The summed E-state index contributed by atoms with van der Waals surface area (Å²) in [4.78, 5) is 25.4. The summed E-state index contributed by atoms with van der Waals surface area (Å²) in [5, 5.41) is 0. The van der Waals surface area contributed by atoms with Crippen LogP contribution in [0, 0.1) is 5.92 Å². The maximum Gasteiger partial charge on any atom is 0.328 e. The molecular weight excluding hydrogens is 220 g/mol. The maximum atomic E-state index is 12.2. The SMILES string of the molecule is COC(=O)C1CCCN1C(=O)C1C=CC(N)C1. The van der Waals surface area contributed by atoms with Crippen molar-refractivity contribution in [2.24, 2.45) is 11.7 Å². The van der Waals surface area contributed by atoms with E-state index in [1.54, 1.807) is 4.90 Å². The van der Waals surface area contributed by atoms with E-state index in [0.29, 0.717) is 19.4 Å². The van der Waals surface area contributed by atoms with E-state index in [0.717, 1.165) is 6.42 Å². The molecule has 2 N–H and O–H groups in total. The minimum atomic E-state index is -0.405. The highest BCUT2D eigenvalue weighted by molar-refractivity contribution is 5.87. The van der Waals surface area contributed by atoms with Gasteiger partial charge in [-0.3, -0.25) is 4.79 Å². The first-order valence-electron chi connectivity index (χ1n) is 5.95. The Kier molecular flexibility index (Phi) is 3.47. The number of hydrogen-bond acceptors (Lipinski definition) is 4. The Morgan fingerprint density at radius 1 is 1.41 bits per heavy atom. The van der Waals surface area contributed by atoms with Gasteiger partial charge in [0.2, 0.25) is 5.91 Å². The normalized spacial score (nSPS) is 31.9. The van der Waals surface area contributed by atoms with Crippen LogP contribution in [0.3, 0.4) is 0 Å². The summed E-state index contributed by atoms with van der Waals surface area (Å²) in [6.45, 7) is 0.637. The Morgan fingerprint density at radius 2 is 2.18 bits per heavy atom. The van der Waals surface area contributed by atoms with Crippen LogP contribution in [-0.2, 0) is 14.3 Å². The monoisotopic (exact) mass is 238 g/mol. The molecule has 0 aromatic carbocycles. The fourth-order valence-electron chi connectivity index (χ4n) is 2.53. The van der Waals surface area contributed by atoms with E-state index >= 15 is 0 Å². The molecule has 17 heavy (non-hydrogen) atoms. The number of ether oxygens (including phenoxy) is 1. The third-order valence-corrected chi connectivity index (χ3v) is 3.44. The average Bonchev–Trinajstić information content (AvgIpc) is 2.95. The third kappa shape index (κ3) is 2.34. The van der Waals surface area contributed by atoms with Crippen LogP contribution < -0.4 is 5.73 Å². The first-order valence-corrected chi connectivity index (χ1v) is 5.95. The molecule has 1 amide bonds. The molecule has 0 spiro atoms. The molecule has 0 aromatic heterocycles. The summed E-state index contributed by atoms with van der Waals surface area (Å²) < 4.78 is 4.72. The number of carbonyl (C=O) groups is 2. The van der Waals surface area contributed by atoms with Gasteiger partial charge in [0.1, 0.15) is 6.04 Å². The Labute approximate surface area is 101 Å². The Hall–Kier alpha value is -1.36. The van der Waals surface area contributed by atoms with Gasteiger partial charge < -0.3 is 15.4 Å². The molecule has 1 aliphatic heterocycles. The molecule has 1 heterocycles. The highest BCUT2D eigenvalue weighted by atomic mass is 16.5. The molecule has 1 saturated heterocycles. The van der Waals surface area contributed by atoms with Crippen LogP contribution >= 0.6 is 0 Å². The van der Waals surface area contributed by atoms with Gasteiger partial charge in [-0.25, -0.2) is 4.79 Å². The van der Waals surface area contributed by atoms with Gasteiger partial charge in [0.05, 0.1) is 13.0 Å². The van der Waals surface area contributed by atoms with Gasteiger partial charge >= 0.3 is 5.97 Å². The van der Waals surface area contributed by atoms with Gasteiger partial charge in [-0.15, -0.1) is 0 Å². The molecule has 0 radical (unpaired) electrons. The van der Waals surface area contributed by atoms with Crippen LogP contribution in [0.1, 0.15) is 19.3 Å². The lowest BCUT2D eigenvalue weighted by Crippen LogP contribution is -2.43. The standard InChI is InChI=1S/C12H18N2O3/c1-17-12(16)10-3-2-6-14(10)11(15)8-4-5-9(13)7-8/h4-5,8-10H,2-3,6-7,13H2,1H3. The van der Waals surface area contributed by atoms with E-state index < -0.39 is 6.04 Å². The van der Waals surface area contributed by atoms with Gasteiger partial charge in [-0.2, -0.15) is 0 Å². The molecule has 5 nitrogen and oxygen atoms in total. The second-order valence-electron chi connectivity index (χ2n) is 4.60. The first kappa shape index (κ1) is 12.1. The van der Waals surface area contributed by atoms with Crippen molar-refractivity contribution in [2.45, 2.75) is 31.3 Å². The van der Waals surface area contributed by atoms with Crippen molar-refractivity contribution < 1.29 is 14.3 Å². The molecule has 0 aromatic rings. The smallest absolute Gasteiger partial charge is 0.328 e. The average molecular weight is 238 g/mol. The number of likely N-dealkylation sites (tertiary alicyclic amines) is 1. The zero-order valence-electron chi connectivity index (χ0n) is 9.96. The highest BCUT2D eigenvalue weighted by Crippen LogP contribution is 2.25. The number of carbonyl (C=O) groups excluding carboxylic acids is 2. The van der Waals surface area contributed by atoms with E-state index in [9.17, 15) is 9.59 Å². The Balaban J connectivity index is 2.03. The molecule has 2 aliphatic rings. The first-order chi connectivity index (χ1) is 8.13. The zero-order chi connectivity index (χ0) is 12.4. The molecule has 5 heteroatoms. The van der Waals surface area contributed by atoms with Crippen LogP contribution in [0.2, 0.25) is 0 Å². The number of esters is 1. The summed E-state index contributed by atoms with van der Waals surface area (Å²) in [6.07, 6.45) is 5.89. The molecule has 2 rings (SSSR count). The number of nitrogens with two attached hydrogens (primary N) is 1. The molecule has 0 saturated carbocycles. The molecule has 94 valence electrons. The van der Waals surface area contributed by atoms with Gasteiger partial charge in [0, 0.05) is 12.6 Å². The van der Waals surface area contributed by atoms with Crippen molar-refractivity contribution in [1.29, 1.82) is 0 Å². The van der Waals surface area contributed by atoms with Crippen LogP contribution in [0.15, 0.2) is 12.2 Å². The number of amides is 1. The van der Waals surface area contributed by atoms with E-state index in [1.807, 2.05) is 12.2 Å². The van der Waals surface area contributed by atoms with E-state index in [2.05, 4.69) is 0 Å². The van der Waals surface area contributed by atoms with Crippen molar-refractivity contribution in [3.8, 4) is 0 Å². The van der Waals surface area contributed by atoms with Crippen molar-refractivity contribution in [3.63, 3.8) is 0 Å². The van der Waals surface area contributed by atoms with Gasteiger partial charge in [-0.05, 0) is 19.3 Å². The van der Waals surface area contributed by atoms with E-state index in [-0.39, 0.29) is 23.8 Å². The lowest BCUT2D eigenvalue weighted by atomic mass is 10.1. The van der Waals surface area contributed by atoms with Crippen molar-refractivity contribution >= 4 is 11.9 Å². The summed E-state index contributed by atoms with van der Waals surface area (Å²) in [7, 11) is 1.36. The van der Waals surface area contributed by atoms with E-state index in [4.69, 9.17) is 10.5 Å². The minimum absolute atomic E-state index is 0.00194. The number of methoxy groups -OCH3 is 1. The van der Waals surface area contributed by atoms with Crippen molar-refractivity contribution in [3.05, 3.63) is 12.2 Å². The van der Waals surface area contributed by atoms with Crippen LogP contribution in [0.25, 0.3) is 0 Å². The maximum absolute atomic E-state index is 12.2. The minimum Gasteiger partial charge on any atom is -0.467 e. The summed E-state index contributed by atoms with van der Waals surface area (Å²) in [5.74, 6) is -0.487. The fourth-order valence-corrected chi connectivity index (χ4v) is 2.53. The largest absolute Gasteiger partial charge is 0.467 e. The van der Waals surface area contributed by atoms with Gasteiger partial charge in [-0.1, -0.05) is 12.2 Å². The van der Waals surface area contributed by atoms with Crippen LogP contribution in [-0.4, -0.2) is 42.5 Å². The second-order valence-corrected chi connectivity index (χ2v) is 4.60. The summed E-state index contributed by atoms with van der Waals surface area (Å²) in [5.41, 5.74) is 5.73. The van der Waals surface area contributed by atoms with E-state index in [1.165, 1.54) is 7.11 Å². The fraction of sp³-hybridized carbons (Fsp3) is 0.667. The number of hydrogen-bond donors (Lipinski definition) is 1. The number of nitrogens with zero attached hydrogens (tertiary/aromatic N) is 1. The lowest BCUT2D eigenvalue weighted by Gasteiger charge is -2.25. The Bertz CT molecular complexity index is 354. The molecular formula is C12H18N2O3. The number of rotatable bonds is 2. The second kappa shape index (κ2) is 4.87. The van der Waals surface area contributed by atoms with Crippen molar-refractivity contribution in [1.82, 2.24) is 4.90 Å². The van der Waals surface area contributed by atoms with Crippen LogP contribution in [0.5, 0.6) is 0 Å². The predicted octanol–water partition coefficient (Wildman–Crippen LogP) is 0.0538. The van der Waals surface area contributed by atoms with Crippen molar-refractivity contribution in [2.75, 3.05) is 13.7 Å².